The highest BCUT2D eigenvalue weighted by atomic mass is 32.1. The zero-order valence-electron chi connectivity index (χ0n) is 13.3. The third-order valence-electron chi connectivity index (χ3n) is 4.11. The van der Waals surface area contributed by atoms with Gasteiger partial charge >= 0.3 is 0 Å². The lowest BCUT2D eigenvalue weighted by atomic mass is 10.1. The second-order valence-corrected chi connectivity index (χ2v) is 6.58. The van der Waals surface area contributed by atoms with Crippen molar-refractivity contribution < 1.29 is 4.52 Å². The Morgan fingerprint density at radius 1 is 1.12 bits per heavy atom. The van der Waals surface area contributed by atoms with Crippen molar-refractivity contribution in [2.24, 2.45) is 0 Å². The molecule has 120 valence electrons. The summed E-state index contributed by atoms with van der Waals surface area (Å²) in [5, 5.41) is 12.2. The minimum Gasteiger partial charge on any atom is -0.361 e. The third kappa shape index (κ3) is 2.35. The molecule has 0 fully saturated rings. The standard InChI is InChI=1S/C18H15N3O2S/c1-11-15(12(2)23-20-11)10-21-18(22)14-7-4-3-6-13(14)17(19-21)16-8-5-9-24-16/h3-9H,10H2,1-2H3. The maximum atomic E-state index is 12.9. The van der Waals surface area contributed by atoms with Crippen LogP contribution >= 0.6 is 11.3 Å². The molecule has 0 unspecified atom stereocenters. The Morgan fingerprint density at radius 2 is 1.92 bits per heavy atom. The third-order valence-corrected chi connectivity index (χ3v) is 4.99. The lowest BCUT2D eigenvalue weighted by Crippen LogP contribution is -2.24. The zero-order valence-corrected chi connectivity index (χ0v) is 14.1. The van der Waals surface area contributed by atoms with E-state index < -0.39 is 0 Å². The van der Waals surface area contributed by atoms with Crippen LogP contribution in [0.2, 0.25) is 0 Å². The van der Waals surface area contributed by atoms with Gasteiger partial charge in [-0.1, -0.05) is 29.4 Å². The van der Waals surface area contributed by atoms with Crippen molar-refractivity contribution in [3.05, 3.63) is 69.1 Å². The maximum Gasteiger partial charge on any atom is 0.274 e. The van der Waals surface area contributed by atoms with E-state index in [9.17, 15) is 4.79 Å². The summed E-state index contributed by atoms with van der Waals surface area (Å²) >= 11 is 1.61. The molecule has 0 saturated carbocycles. The van der Waals surface area contributed by atoms with E-state index in [2.05, 4.69) is 10.3 Å². The molecule has 6 heteroatoms. The van der Waals surface area contributed by atoms with E-state index in [0.29, 0.717) is 17.7 Å². The molecular formula is C18H15N3O2S. The molecule has 0 aliphatic heterocycles. The minimum absolute atomic E-state index is 0.106. The van der Waals surface area contributed by atoms with Crippen molar-refractivity contribution >= 4 is 22.1 Å². The van der Waals surface area contributed by atoms with Crippen LogP contribution in [0.4, 0.5) is 0 Å². The molecule has 4 rings (SSSR count). The number of aryl methyl sites for hydroxylation is 2. The fourth-order valence-electron chi connectivity index (χ4n) is 2.81. The number of fused-ring (bicyclic) bond motifs is 1. The van der Waals surface area contributed by atoms with Crippen LogP contribution in [-0.2, 0) is 6.54 Å². The Balaban J connectivity index is 1.97. The van der Waals surface area contributed by atoms with Gasteiger partial charge in [0.1, 0.15) is 11.5 Å². The predicted molar refractivity (Wildman–Crippen MR) is 94.4 cm³/mol. The first-order chi connectivity index (χ1) is 11.6. The first-order valence-corrected chi connectivity index (χ1v) is 8.48. The average molecular weight is 337 g/mol. The minimum atomic E-state index is -0.106. The van der Waals surface area contributed by atoms with Gasteiger partial charge in [-0.3, -0.25) is 4.79 Å². The molecule has 0 atom stereocenters. The molecule has 0 amide bonds. The Hall–Kier alpha value is -2.73. The van der Waals surface area contributed by atoms with Gasteiger partial charge in [0.2, 0.25) is 0 Å². The lowest BCUT2D eigenvalue weighted by Gasteiger charge is -2.10. The van der Waals surface area contributed by atoms with Crippen molar-refractivity contribution in [3.63, 3.8) is 0 Å². The number of benzene rings is 1. The molecule has 0 aliphatic rings. The molecule has 0 bridgehead atoms. The topological polar surface area (TPSA) is 60.9 Å². The van der Waals surface area contributed by atoms with Crippen molar-refractivity contribution in [2.45, 2.75) is 20.4 Å². The van der Waals surface area contributed by atoms with Crippen LogP contribution in [0.25, 0.3) is 21.3 Å². The molecule has 3 aromatic heterocycles. The summed E-state index contributed by atoms with van der Waals surface area (Å²) in [5.74, 6) is 0.715. The van der Waals surface area contributed by atoms with Crippen LogP contribution in [0, 0.1) is 13.8 Å². The van der Waals surface area contributed by atoms with E-state index >= 15 is 0 Å². The quantitative estimate of drug-likeness (QED) is 0.571. The molecule has 5 nitrogen and oxygen atoms in total. The molecule has 3 heterocycles. The van der Waals surface area contributed by atoms with Crippen molar-refractivity contribution in [2.75, 3.05) is 0 Å². The first-order valence-electron chi connectivity index (χ1n) is 7.60. The Kier molecular flexibility index (Phi) is 3.54. The van der Waals surface area contributed by atoms with Crippen LogP contribution in [0.15, 0.2) is 51.1 Å². The van der Waals surface area contributed by atoms with Gasteiger partial charge in [-0.15, -0.1) is 11.3 Å². The van der Waals surface area contributed by atoms with E-state index in [0.717, 1.165) is 27.2 Å². The molecule has 24 heavy (non-hydrogen) atoms. The van der Waals surface area contributed by atoms with Crippen molar-refractivity contribution in [1.82, 2.24) is 14.9 Å². The van der Waals surface area contributed by atoms with Gasteiger partial charge in [0.05, 0.1) is 22.5 Å². The first kappa shape index (κ1) is 14.8. The van der Waals surface area contributed by atoms with Gasteiger partial charge < -0.3 is 4.52 Å². The summed E-state index contributed by atoms with van der Waals surface area (Å²) in [4.78, 5) is 13.9. The molecule has 0 N–H and O–H groups in total. The van der Waals surface area contributed by atoms with E-state index in [1.165, 1.54) is 4.68 Å². The molecular weight excluding hydrogens is 322 g/mol. The number of aromatic nitrogens is 3. The summed E-state index contributed by atoms with van der Waals surface area (Å²) in [6.45, 7) is 4.07. The van der Waals surface area contributed by atoms with E-state index in [-0.39, 0.29) is 5.56 Å². The van der Waals surface area contributed by atoms with Gasteiger partial charge in [-0.05, 0) is 31.4 Å². The van der Waals surface area contributed by atoms with Crippen LogP contribution in [0.1, 0.15) is 17.0 Å². The highest BCUT2D eigenvalue weighted by Gasteiger charge is 2.16. The largest absolute Gasteiger partial charge is 0.361 e. The van der Waals surface area contributed by atoms with Gasteiger partial charge in [0.15, 0.2) is 0 Å². The van der Waals surface area contributed by atoms with Gasteiger partial charge in [0, 0.05) is 10.9 Å². The summed E-state index contributed by atoms with van der Waals surface area (Å²) < 4.78 is 6.71. The SMILES string of the molecule is Cc1noc(C)c1Cn1nc(-c2cccs2)c2ccccc2c1=O. The van der Waals surface area contributed by atoms with Crippen LogP contribution in [0.3, 0.4) is 0 Å². The smallest absolute Gasteiger partial charge is 0.274 e. The number of hydrogen-bond donors (Lipinski definition) is 0. The van der Waals surface area contributed by atoms with Gasteiger partial charge in [0.25, 0.3) is 5.56 Å². The molecule has 0 saturated heterocycles. The van der Waals surface area contributed by atoms with E-state index in [1.54, 1.807) is 11.3 Å². The lowest BCUT2D eigenvalue weighted by molar-refractivity contribution is 0.391. The summed E-state index contributed by atoms with van der Waals surface area (Å²) in [7, 11) is 0. The fourth-order valence-corrected chi connectivity index (χ4v) is 3.54. The zero-order chi connectivity index (χ0) is 16.7. The summed E-state index contributed by atoms with van der Waals surface area (Å²) in [6, 6.07) is 11.6. The normalized spacial score (nSPS) is 11.2. The second kappa shape index (κ2) is 5.72. The number of hydrogen-bond acceptors (Lipinski definition) is 5. The highest BCUT2D eigenvalue weighted by Crippen LogP contribution is 2.28. The van der Waals surface area contributed by atoms with Crippen LogP contribution in [0.5, 0.6) is 0 Å². The molecule has 1 aromatic carbocycles. The fraction of sp³-hybridized carbons (Fsp3) is 0.167. The van der Waals surface area contributed by atoms with Gasteiger partial charge in [-0.25, -0.2) is 4.68 Å². The summed E-state index contributed by atoms with van der Waals surface area (Å²) in [6.07, 6.45) is 0. The van der Waals surface area contributed by atoms with E-state index in [1.807, 2.05) is 55.6 Å². The molecule has 0 aliphatic carbocycles. The van der Waals surface area contributed by atoms with E-state index in [4.69, 9.17) is 4.52 Å². The Labute approximate surface area is 142 Å². The monoisotopic (exact) mass is 337 g/mol. The van der Waals surface area contributed by atoms with Crippen molar-refractivity contribution in [3.8, 4) is 10.6 Å². The van der Waals surface area contributed by atoms with Crippen molar-refractivity contribution in [1.29, 1.82) is 0 Å². The van der Waals surface area contributed by atoms with Crippen LogP contribution < -0.4 is 5.56 Å². The van der Waals surface area contributed by atoms with Crippen LogP contribution in [-0.4, -0.2) is 14.9 Å². The van der Waals surface area contributed by atoms with Gasteiger partial charge in [-0.2, -0.15) is 5.10 Å². The highest BCUT2D eigenvalue weighted by molar-refractivity contribution is 7.13. The predicted octanol–water partition coefficient (Wildman–Crippen LogP) is 3.78. The Morgan fingerprint density at radius 3 is 2.58 bits per heavy atom. The molecule has 0 radical (unpaired) electrons. The Bertz CT molecular complexity index is 1060. The molecule has 4 aromatic rings. The number of rotatable bonds is 3. The second-order valence-electron chi connectivity index (χ2n) is 5.64. The maximum absolute atomic E-state index is 12.9. The average Bonchev–Trinajstić information content (AvgIpc) is 3.23. The summed E-state index contributed by atoms with van der Waals surface area (Å²) in [5.41, 5.74) is 2.40. The number of nitrogens with zero attached hydrogens (tertiary/aromatic N) is 3. The number of thiophene rings is 1. The molecule has 0 spiro atoms.